The standard InChI is InChI=1S/C23H30O5Si/c1-5-17-29(28-8-4,22(24)18-13-9-11-15-20(18)26-6-2)23(25)19-14-10-12-16-21(19)27-7-3/h9-16H,5-8,17H2,1-4H3. The number of carbonyl (C=O) groups excluding carboxylic acids is 2. The summed E-state index contributed by atoms with van der Waals surface area (Å²) in [6.07, 6.45) is 0.664. The van der Waals surface area contributed by atoms with Crippen molar-refractivity contribution in [2.45, 2.75) is 40.2 Å². The van der Waals surface area contributed by atoms with Crippen LogP contribution in [0.5, 0.6) is 11.5 Å². The summed E-state index contributed by atoms with van der Waals surface area (Å²) in [5.74, 6) is 0.970. The lowest BCUT2D eigenvalue weighted by Gasteiger charge is -2.29. The van der Waals surface area contributed by atoms with Crippen LogP contribution in [0.25, 0.3) is 0 Å². The zero-order valence-corrected chi connectivity index (χ0v) is 18.7. The molecule has 2 rings (SSSR count). The van der Waals surface area contributed by atoms with Gasteiger partial charge in [-0.15, -0.1) is 0 Å². The van der Waals surface area contributed by atoms with Crippen LogP contribution in [-0.2, 0) is 4.43 Å². The average molecular weight is 415 g/mol. The molecular formula is C23H30O5Si. The summed E-state index contributed by atoms with van der Waals surface area (Å²) < 4.78 is 17.4. The van der Waals surface area contributed by atoms with Crippen LogP contribution in [0, 0.1) is 0 Å². The largest absolute Gasteiger partial charge is 0.493 e. The SMILES string of the molecule is CCC[Si](OCC)(C(=O)c1ccccc1OCC)C(=O)c1ccccc1OCC. The van der Waals surface area contributed by atoms with Crippen LogP contribution in [0.4, 0.5) is 0 Å². The van der Waals surface area contributed by atoms with Crippen molar-refractivity contribution in [1.82, 2.24) is 0 Å². The molecule has 0 aliphatic carbocycles. The van der Waals surface area contributed by atoms with Crippen LogP contribution in [-0.4, -0.2) is 39.0 Å². The minimum absolute atomic E-state index is 0.249. The molecule has 0 N–H and O–H groups in total. The summed E-state index contributed by atoms with van der Waals surface area (Å²) in [7, 11) is -3.54. The lowest BCUT2D eigenvalue weighted by molar-refractivity contribution is 0.0961. The van der Waals surface area contributed by atoms with Crippen LogP contribution in [0.3, 0.4) is 0 Å². The van der Waals surface area contributed by atoms with Gasteiger partial charge in [-0.1, -0.05) is 37.6 Å². The van der Waals surface area contributed by atoms with E-state index >= 15 is 0 Å². The number of rotatable bonds is 12. The van der Waals surface area contributed by atoms with Gasteiger partial charge in [0.25, 0.3) is 0 Å². The molecule has 0 aliphatic heterocycles. The molecule has 0 aromatic heterocycles. The van der Waals surface area contributed by atoms with E-state index in [9.17, 15) is 9.59 Å². The summed E-state index contributed by atoms with van der Waals surface area (Å²) in [6.45, 7) is 8.67. The Balaban J connectivity index is 2.63. The summed E-state index contributed by atoms with van der Waals surface area (Å²) in [5.41, 5.74) is 0.815. The number of para-hydroxylation sites is 2. The number of benzene rings is 2. The third-order valence-corrected chi connectivity index (χ3v) is 8.58. The second-order valence-corrected chi connectivity index (χ2v) is 9.88. The molecule has 5 nitrogen and oxygen atoms in total. The molecule has 0 saturated carbocycles. The molecule has 0 fully saturated rings. The van der Waals surface area contributed by atoms with Gasteiger partial charge in [-0.25, -0.2) is 0 Å². The van der Waals surface area contributed by atoms with Crippen molar-refractivity contribution in [2.24, 2.45) is 0 Å². The Morgan fingerprint density at radius 1 is 0.724 bits per heavy atom. The Bertz CT molecular complexity index is 764. The van der Waals surface area contributed by atoms with E-state index in [0.717, 1.165) is 0 Å². The zero-order valence-electron chi connectivity index (χ0n) is 17.7. The van der Waals surface area contributed by atoms with E-state index < -0.39 is 8.32 Å². The van der Waals surface area contributed by atoms with E-state index in [1.807, 2.05) is 39.8 Å². The first kappa shape index (κ1) is 22.8. The normalized spacial score (nSPS) is 11.2. The number of carbonyl (C=O) groups is 2. The molecule has 156 valence electrons. The predicted octanol–water partition coefficient (Wildman–Crippen LogP) is 5.02. The van der Waals surface area contributed by atoms with Gasteiger partial charge in [-0.3, -0.25) is 9.59 Å². The summed E-state index contributed by atoms with van der Waals surface area (Å²) in [6, 6.07) is 14.5. The topological polar surface area (TPSA) is 61.8 Å². The zero-order chi connectivity index (χ0) is 21.3. The van der Waals surface area contributed by atoms with Gasteiger partial charge in [0.15, 0.2) is 10.8 Å². The molecule has 0 atom stereocenters. The third kappa shape index (κ3) is 4.94. The van der Waals surface area contributed by atoms with Crippen LogP contribution < -0.4 is 9.47 Å². The van der Waals surface area contributed by atoms with Gasteiger partial charge in [0.2, 0.25) is 0 Å². The van der Waals surface area contributed by atoms with Crippen LogP contribution >= 0.6 is 0 Å². The van der Waals surface area contributed by atoms with Crippen LogP contribution in [0.1, 0.15) is 54.8 Å². The lowest BCUT2D eigenvalue weighted by Crippen LogP contribution is -2.55. The quantitative estimate of drug-likeness (QED) is 0.456. The lowest BCUT2D eigenvalue weighted by atomic mass is 10.2. The molecule has 2 aromatic rings. The Morgan fingerprint density at radius 2 is 1.17 bits per heavy atom. The van der Waals surface area contributed by atoms with Crippen molar-refractivity contribution < 1.29 is 23.5 Å². The molecule has 0 radical (unpaired) electrons. The Hall–Kier alpha value is -2.44. The van der Waals surface area contributed by atoms with E-state index in [1.165, 1.54) is 0 Å². The van der Waals surface area contributed by atoms with E-state index in [0.29, 0.717) is 48.3 Å². The van der Waals surface area contributed by atoms with Crippen molar-refractivity contribution in [2.75, 3.05) is 19.8 Å². The van der Waals surface area contributed by atoms with Crippen LogP contribution in [0.15, 0.2) is 48.5 Å². The first-order valence-corrected chi connectivity index (χ1v) is 12.3. The maximum absolute atomic E-state index is 13.8. The highest BCUT2D eigenvalue weighted by molar-refractivity contribution is 7.24. The monoisotopic (exact) mass is 414 g/mol. The average Bonchev–Trinajstić information content (AvgIpc) is 2.74. The highest BCUT2D eigenvalue weighted by Gasteiger charge is 2.52. The maximum atomic E-state index is 13.8. The first-order valence-electron chi connectivity index (χ1n) is 10.2. The Kier molecular flexibility index (Phi) is 8.61. The smallest absolute Gasteiger partial charge is 0.347 e. The second kappa shape index (κ2) is 10.9. The molecule has 6 heteroatoms. The fourth-order valence-corrected chi connectivity index (χ4v) is 6.99. The summed E-state index contributed by atoms with van der Waals surface area (Å²) in [5, 5.41) is -0.497. The number of hydrogen-bond donors (Lipinski definition) is 0. The van der Waals surface area contributed by atoms with Gasteiger partial charge in [0, 0.05) is 6.61 Å². The molecular weight excluding hydrogens is 384 g/mol. The van der Waals surface area contributed by atoms with Crippen molar-refractivity contribution in [1.29, 1.82) is 0 Å². The van der Waals surface area contributed by atoms with E-state index in [1.54, 1.807) is 36.4 Å². The molecule has 0 bridgehead atoms. The van der Waals surface area contributed by atoms with Gasteiger partial charge < -0.3 is 13.9 Å². The van der Waals surface area contributed by atoms with Gasteiger partial charge in [-0.2, -0.15) is 0 Å². The second-order valence-electron chi connectivity index (χ2n) is 6.53. The molecule has 0 heterocycles. The minimum atomic E-state index is -3.54. The predicted molar refractivity (Wildman–Crippen MR) is 116 cm³/mol. The van der Waals surface area contributed by atoms with Gasteiger partial charge in [0.1, 0.15) is 11.5 Å². The molecule has 0 saturated heterocycles. The van der Waals surface area contributed by atoms with Crippen molar-refractivity contribution >= 4 is 19.1 Å². The highest BCUT2D eigenvalue weighted by atomic mass is 28.4. The molecule has 0 unspecified atom stereocenters. The fraction of sp³-hybridized carbons (Fsp3) is 0.391. The number of hydrogen-bond acceptors (Lipinski definition) is 5. The van der Waals surface area contributed by atoms with E-state index in [4.69, 9.17) is 13.9 Å². The minimum Gasteiger partial charge on any atom is -0.493 e. The van der Waals surface area contributed by atoms with E-state index in [-0.39, 0.29) is 17.4 Å². The molecule has 0 aliphatic rings. The van der Waals surface area contributed by atoms with Gasteiger partial charge in [-0.05, 0) is 51.1 Å². The van der Waals surface area contributed by atoms with Crippen molar-refractivity contribution in [3.05, 3.63) is 59.7 Å². The maximum Gasteiger partial charge on any atom is 0.347 e. The number of ether oxygens (including phenoxy) is 2. The van der Waals surface area contributed by atoms with Crippen LogP contribution in [0.2, 0.25) is 6.04 Å². The van der Waals surface area contributed by atoms with Gasteiger partial charge >= 0.3 is 8.32 Å². The van der Waals surface area contributed by atoms with E-state index in [2.05, 4.69) is 0 Å². The Labute approximate surface area is 174 Å². The molecule has 0 spiro atoms. The molecule has 2 aromatic carbocycles. The summed E-state index contributed by atoms with van der Waals surface area (Å²) in [4.78, 5) is 27.6. The van der Waals surface area contributed by atoms with Gasteiger partial charge in [0.05, 0.1) is 24.3 Å². The Morgan fingerprint density at radius 3 is 1.55 bits per heavy atom. The molecule has 29 heavy (non-hydrogen) atoms. The first-order chi connectivity index (χ1) is 14.1. The molecule has 0 amide bonds. The third-order valence-electron chi connectivity index (χ3n) is 4.59. The fourth-order valence-electron chi connectivity index (χ4n) is 3.44. The van der Waals surface area contributed by atoms with Crippen molar-refractivity contribution in [3.8, 4) is 11.5 Å². The summed E-state index contributed by atoms with van der Waals surface area (Å²) >= 11 is 0. The highest BCUT2D eigenvalue weighted by Crippen LogP contribution is 2.31. The van der Waals surface area contributed by atoms with Crippen molar-refractivity contribution in [3.63, 3.8) is 0 Å².